The van der Waals surface area contributed by atoms with Crippen LogP contribution in [0, 0.1) is 43.8 Å². The van der Waals surface area contributed by atoms with Crippen molar-refractivity contribution in [2.45, 2.75) is 174 Å². The topological polar surface area (TPSA) is 0 Å². The molecule has 1 atom stereocenters. The molecule has 0 aromatic carbocycles. The zero-order valence-electron chi connectivity index (χ0n) is 29.1. The highest BCUT2D eigenvalue weighted by molar-refractivity contribution is 5.26. The van der Waals surface area contributed by atoms with Gasteiger partial charge in [0.05, 0.1) is 0 Å². The van der Waals surface area contributed by atoms with Crippen LogP contribution in [0.1, 0.15) is 174 Å². The molecule has 0 aromatic heterocycles. The van der Waals surface area contributed by atoms with Crippen molar-refractivity contribution in [3.63, 3.8) is 0 Å². The van der Waals surface area contributed by atoms with Crippen molar-refractivity contribution < 1.29 is 0 Å². The number of hydrogen-bond donors (Lipinski definition) is 0. The Labute approximate surface area is 240 Å². The van der Waals surface area contributed by atoms with Crippen molar-refractivity contribution in [2.75, 3.05) is 0 Å². The van der Waals surface area contributed by atoms with E-state index in [4.69, 9.17) is 0 Å². The Hall–Kier alpha value is -0.520. The Morgan fingerprint density at radius 2 is 0.568 bits per heavy atom. The van der Waals surface area contributed by atoms with Crippen LogP contribution in [0.4, 0.5) is 0 Å². The molecule has 0 rings (SSSR count). The molecule has 37 heavy (non-hydrogen) atoms. The van der Waals surface area contributed by atoms with E-state index in [1.54, 1.807) is 22.3 Å². The molecule has 0 N–H and O–H groups in total. The molecule has 0 heteroatoms. The maximum atomic E-state index is 2.38. The van der Waals surface area contributed by atoms with Gasteiger partial charge in [-0.25, -0.2) is 0 Å². The van der Waals surface area contributed by atoms with Gasteiger partial charge in [0.2, 0.25) is 0 Å². The minimum absolute atomic E-state index is 0. The SMILES string of the molecule is C.C.C/C(=C(/C)C(C)(C)C(C)(C)C)C(C)C(C)(C)C.C/C(=C(\C)C(C)(C)C(C)(C)C)C(C)(C)C(C)(C)C. The van der Waals surface area contributed by atoms with E-state index in [9.17, 15) is 0 Å². The third kappa shape index (κ3) is 10.2. The summed E-state index contributed by atoms with van der Waals surface area (Å²) in [5.41, 5.74) is 8.14. The van der Waals surface area contributed by atoms with Crippen molar-refractivity contribution in [3.05, 3.63) is 22.3 Å². The second-order valence-electron chi connectivity index (χ2n) is 17.3. The van der Waals surface area contributed by atoms with Crippen LogP contribution in [-0.2, 0) is 0 Å². The van der Waals surface area contributed by atoms with Crippen LogP contribution >= 0.6 is 0 Å². The van der Waals surface area contributed by atoms with E-state index in [2.05, 4.69) is 159 Å². The van der Waals surface area contributed by atoms with Gasteiger partial charge in [-0.2, -0.15) is 0 Å². The lowest BCUT2D eigenvalue weighted by Gasteiger charge is -2.46. The predicted molar refractivity (Wildman–Crippen MR) is 179 cm³/mol. The summed E-state index contributed by atoms with van der Waals surface area (Å²) in [5.74, 6) is 0.629. The maximum Gasteiger partial charge on any atom is -0.00962 e. The molecule has 0 fully saturated rings. The first-order valence-corrected chi connectivity index (χ1v) is 14.2. The smallest absolute Gasteiger partial charge is 0.00962 e. The molecule has 0 heterocycles. The first-order chi connectivity index (χ1) is 14.8. The fourth-order valence-corrected chi connectivity index (χ4v) is 4.09. The van der Waals surface area contributed by atoms with Crippen LogP contribution in [0.15, 0.2) is 22.3 Å². The molecule has 0 saturated heterocycles. The van der Waals surface area contributed by atoms with Gasteiger partial charge in [0, 0.05) is 0 Å². The van der Waals surface area contributed by atoms with E-state index in [1.165, 1.54) is 0 Å². The lowest BCUT2D eigenvalue weighted by atomic mass is 9.59. The molecule has 0 aliphatic heterocycles. The maximum absolute atomic E-state index is 2.38. The summed E-state index contributed by atoms with van der Waals surface area (Å²) in [6.07, 6.45) is 0. The molecular formula is C37H78. The van der Waals surface area contributed by atoms with Gasteiger partial charge in [-0.05, 0) is 71.5 Å². The first kappa shape index (κ1) is 43.5. The second kappa shape index (κ2) is 13.2. The van der Waals surface area contributed by atoms with Crippen LogP contribution in [0.2, 0.25) is 0 Å². The van der Waals surface area contributed by atoms with E-state index < -0.39 is 0 Å². The van der Waals surface area contributed by atoms with Gasteiger partial charge >= 0.3 is 0 Å². The average Bonchev–Trinajstić information content (AvgIpc) is 2.61. The van der Waals surface area contributed by atoms with Crippen molar-refractivity contribution in [2.24, 2.45) is 43.8 Å². The van der Waals surface area contributed by atoms with Gasteiger partial charge in [-0.15, -0.1) is 0 Å². The van der Waals surface area contributed by atoms with E-state index in [0.29, 0.717) is 16.7 Å². The van der Waals surface area contributed by atoms with E-state index >= 15 is 0 Å². The minimum Gasteiger partial charge on any atom is -0.0776 e. The summed E-state index contributed by atoms with van der Waals surface area (Å²) < 4.78 is 0. The highest BCUT2D eigenvalue weighted by atomic mass is 14.5. The van der Waals surface area contributed by atoms with Gasteiger partial charge < -0.3 is 0 Å². The van der Waals surface area contributed by atoms with Gasteiger partial charge in [-0.3, -0.25) is 0 Å². The lowest BCUT2D eigenvalue weighted by molar-refractivity contribution is 0.149. The summed E-state index contributed by atoms with van der Waals surface area (Å²) >= 11 is 0. The quantitative estimate of drug-likeness (QED) is 0.322. The van der Waals surface area contributed by atoms with Gasteiger partial charge in [0.15, 0.2) is 0 Å². The molecule has 0 aliphatic rings. The highest BCUT2D eigenvalue weighted by Crippen LogP contribution is 2.51. The van der Waals surface area contributed by atoms with Crippen molar-refractivity contribution in [3.8, 4) is 0 Å². The van der Waals surface area contributed by atoms with Crippen LogP contribution in [-0.4, -0.2) is 0 Å². The van der Waals surface area contributed by atoms with Crippen LogP contribution in [0.3, 0.4) is 0 Å². The van der Waals surface area contributed by atoms with Gasteiger partial charge in [-0.1, -0.05) is 169 Å². The third-order valence-corrected chi connectivity index (χ3v) is 11.5. The molecule has 0 amide bonds. The molecule has 0 nitrogen and oxygen atoms in total. The van der Waals surface area contributed by atoms with Gasteiger partial charge in [0.25, 0.3) is 0 Å². The van der Waals surface area contributed by atoms with E-state index in [1.807, 2.05) is 0 Å². The molecule has 0 radical (unpaired) electrons. The molecule has 0 saturated carbocycles. The zero-order chi connectivity index (χ0) is 29.4. The molecule has 0 aromatic rings. The molecule has 1 unspecified atom stereocenters. The molecule has 0 spiro atoms. The summed E-state index contributed by atoms with van der Waals surface area (Å²) in [5, 5.41) is 0. The second-order valence-corrected chi connectivity index (χ2v) is 17.3. The van der Waals surface area contributed by atoms with Crippen LogP contribution in [0.25, 0.3) is 0 Å². The minimum atomic E-state index is 0. The molecule has 0 bridgehead atoms. The fraction of sp³-hybridized carbons (Fsp3) is 0.892. The van der Waals surface area contributed by atoms with E-state index in [-0.39, 0.29) is 41.9 Å². The summed E-state index contributed by atoms with van der Waals surface area (Å²) in [4.78, 5) is 0. The number of rotatable bonds is 4. The van der Waals surface area contributed by atoms with Crippen molar-refractivity contribution in [1.82, 2.24) is 0 Å². The van der Waals surface area contributed by atoms with Crippen molar-refractivity contribution >= 4 is 0 Å². The van der Waals surface area contributed by atoms with Crippen LogP contribution in [0.5, 0.6) is 0 Å². The molecule has 226 valence electrons. The number of allylic oxidation sites excluding steroid dienone is 4. The standard InChI is InChI=1S/C18H36.C17H34.2CH4/c1-13(17(9,10)15(3,4)5)14(2)18(11,12)16(6,7)8;1-12(13(2)15(4,5)6)14(3)17(10,11)16(7,8)9;;/h1-12H3;13H,1-11H3;2*1H4/b14-13-;14-12+;;. The van der Waals surface area contributed by atoms with Crippen LogP contribution < -0.4 is 0 Å². The summed E-state index contributed by atoms with van der Waals surface area (Å²) in [6.45, 7) is 54.0. The molecular weight excluding hydrogens is 444 g/mol. The zero-order valence-corrected chi connectivity index (χ0v) is 29.1. The Morgan fingerprint density at radius 3 is 0.730 bits per heavy atom. The average molecular weight is 523 g/mol. The van der Waals surface area contributed by atoms with Crippen molar-refractivity contribution in [1.29, 1.82) is 0 Å². The predicted octanol–water partition coefficient (Wildman–Crippen LogP) is 13.8. The van der Waals surface area contributed by atoms with Gasteiger partial charge in [0.1, 0.15) is 0 Å². The first-order valence-electron chi connectivity index (χ1n) is 14.2. The lowest BCUT2D eigenvalue weighted by Crippen LogP contribution is -2.36. The third-order valence-electron chi connectivity index (χ3n) is 11.5. The monoisotopic (exact) mass is 523 g/mol. The van der Waals surface area contributed by atoms with E-state index in [0.717, 1.165) is 0 Å². The summed E-state index contributed by atoms with van der Waals surface area (Å²) in [6, 6.07) is 0. The Morgan fingerprint density at radius 1 is 0.378 bits per heavy atom. The largest absolute Gasteiger partial charge is 0.0776 e. The highest BCUT2D eigenvalue weighted by Gasteiger charge is 2.41. The molecule has 0 aliphatic carbocycles. The Kier molecular flexibility index (Phi) is 15.6. The Balaban J connectivity index is -0.000000280. The normalized spacial score (nSPS) is 16.3. The summed E-state index contributed by atoms with van der Waals surface area (Å²) in [7, 11) is 0. The Bertz CT molecular complexity index is 713. The number of hydrogen-bond acceptors (Lipinski definition) is 0. The fourth-order valence-electron chi connectivity index (χ4n) is 4.09.